The zero-order valence-electron chi connectivity index (χ0n) is 19.1. The van der Waals surface area contributed by atoms with Crippen LogP contribution < -0.4 is 20.8 Å². The molecule has 1 aliphatic rings. The smallest absolute Gasteiger partial charge is 0.338 e. The summed E-state index contributed by atoms with van der Waals surface area (Å²) in [5.41, 5.74) is 7.10. The van der Waals surface area contributed by atoms with Crippen molar-refractivity contribution in [2.24, 2.45) is 5.73 Å². The molecular weight excluding hydrogens is 460 g/mol. The number of nitrogens with two attached hydrogens (primary N) is 1. The van der Waals surface area contributed by atoms with Gasteiger partial charge in [0.2, 0.25) is 5.88 Å². The molecular formula is C23H24N4O6S. The number of aromatic nitrogens is 2. The molecule has 2 aromatic rings. The molecule has 178 valence electrons. The van der Waals surface area contributed by atoms with Crippen molar-refractivity contribution in [1.82, 2.24) is 9.97 Å². The summed E-state index contributed by atoms with van der Waals surface area (Å²) in [6, 6.07) is 8.48. The monoisotopic (exact) mass is 484 g/mol. The van der Waals surface area contributed by atoms with Crippen LogP contribution in [0.3, 0.4) is 0 Å². The number of rotatable bonds is 8. The maximum absolute atomic E-state index is 13.1. The Bertz CT molecular complexity index is 1260. The van der Waals surface area contributed by atoms with E-state index in [1.807, 2.05) is 0 Å². The maximum Gasteiger partial charge on any atom is 0.338 e. The molecule has 3 N–H and O–H groups in total. The Morgan fingerprint density at radius 3 is 2.65 bits per heavy atom. The van der Waals surface area contributed by atoms with Crippen molar-refractivity contribution >= 4 is 17.7 Å². The second kappa shape index (κ2) is 10.8. The molecule has 34 heavy (non-hydrogen) atoms. The van der Waals surface area contributed by atoms with Crippen LogP contribution in [0.2, 0.25) is 0 Å². The van der Waals surface area contributed by atoms with Gasteiger partial charge in [-0.3, -0.25) is 4.79 Å². The predicted octanol–water partition coefficient (Wildman–Crippen LogP) is 2.51. The van der Waals surface area contributed by atoms with E-state index in [9.17, 15) is 14.9 Å². The van der Waals surface area contributed by atoms with E-state index in [-0.39, 0.29) is 40.7 Å². The van der Waals surface area contributed by atoms with Crippen LogP contribution in [0.1, 0.15) is 24.1 Å². The van der Waals surface area contributed by atoms with Gasteiger partial charge < -0.3 is 29.7 Å². The van der Waals surface area contributed by atoms with Crippen LogP contribution in [0.4, 0.5) is 0 Å². The molecule has 2 heterocycles. The average molecular weight is 485 g/mol. The molecule has 1 atom stereocenters. The molecule has 11 heteroatoms. The number of benzene rings is 1. The molecule has 1 unspecified atom stereocenters. The zero-order valence-corrected chi connectivity index (χ0v) is 19.9. The topological polar surface area (TPSA) is 150 Å². The first kappa shape index (κ1) is 24.7. The van der Waals surface area contributed by atoms with Crippen molar-refractivity contribution in [3.05, 3.63) is 68.7 Å². The number of hydrogen-bond acceptors (Lipinski definition) is 10. The third-order valence-electron chi connectivity index (χ3n) is 4.92. The molecule has 0 fully saturated rings. The Morgan fingerprint density at radius 1 is 1.29 bits per heavy atom. The number of ether oxygens (including phenoxy) is 4. The fourth-order valence-corrected chi connectivity index (χ4v) is 4.34. The van der Waals surface area contributed by atoms with Gasteiger partial charge in [-0.2, -0.15) is 5.26 Å². The number of carbonyl (C=O) groups is 1. The summed E-state index contributed by atoms with van der Waals surface area (Å²) in [6.45, 7) is 3.50. The molecule has 0 saturated carbocycles. The van der Waals surface area contributed by atoms with Crippen LogP contribution >= 0.6 is 11.8 Å². The van der Waals surface area contributed by atoms with Crippen LogP contribution in [0.15, 0.2) is 57.0 Å². The fourth-order valence-electron chi connectivity index (χ4n) is 3.48. The number of methoxy groups -OCH3 is 2. The highest BCUT2D eigenvalue weighted by Crippen LogP contribution is 2.43. The minimum atomic E-state index is -0.863. The number of nitrogens with one attached hydrogen (secondary N) is 1. The van der Waals surface area contributed by atoms with E-state index in [2.05, 4.69) is 16.0 Å². The molecule has 3 rings (SSSR count). The van der Waals surface area contributed by atoms with Gasteiger partial charge in [0.15, 0.2) is 16.7 Å². The molecule has 1 aromatic carbocycles. The summed E-state index contributed by atoms with van der Waals surface area (Å²) in [6.07, 6.45) is 0. The highest BCUT2D eigenvalue weighted by Gasteiger charge is 2.38. The Hall–Kier alpha value is -3.91. The van der Waals surface area contributed by atoms with Crippen molar-refractivity contribution in [2.75, 3.05) is 26.6 Å². The first-order valence-corrected chi connectivity index (χ1v) is 11.2. The van der Waals surface area contributed by atoms with Crippen LogP contribution in [-0.2, 0) is 14.3 Å². The Morgan fingerprint density at radius 2 is 2.03 bits per heavy atom. The second-order valence-corrected chi connectivity index (χ2v) is 8.04. The highest BCUT2D eigenvalue weighted by molar-refractivity contribution is 7.99. The second-order valence-electron chi connectivity index (χ2n) is 7.08. The van der Waals surface area contributed by atoms with Crippen LogP contribution in [-0.4, -0.2) is 42.5 Å². The number of esters is 1. The van der Waals surface area contributed by atoms with Crippen LogP contribution in [0.5, 0.6) is 11.5 Å². The standard InChI is InChI=1S/C23H24N4O6S/c1-5-32-22(29)20-17(11-34-23-26-12(2)8-18(28)27-23)33-21(25)14(10-24)19(20)13-6-7-15(30-3)16(9-13)31-4/h6-9,19H,5,11,25H2,1-4H3,(H,26,27,28). The lowest BCUT2D eigenvalue weighted by Crippen LogP contribution is -2.27. The van der Waals surface area contributed by atoms with Crippen molar-refractivity contribution in [2.45, 2.75) is 24.9 Å². The third kappa shape index (κ3) is 5.18. The van der Waals surface area contributed by atoms with Gasteiger partial charge in [-0.15, -0.1) is 0 Å². The van der Waals surface area contributed by atoms with Gasteiger partial charge in [0.1, 0.15) is 17.4 Å². The Balaban J connectivity index is 2.13. The van der Waals surface area contributed by atoms with Crippen molar-refractivity contribution in [3.8, 4) is 17.6 Å². The molecule has 0 saturated heterocycles. The first-order chi connectivity index (χ1) is 16.3. The molecule has 0 aliphatic carbocycles. The summed E-state index contributed by atoms with van der Waals surface area (Å²) in [5, 5.41) is 10.2. The first-order valence-electron chi connectivity index (χ1n) is 10.2. The lowest BCUT2D eigenvalue weighted by Gasteiger charge is -2.28. The van der Waals surface area contributed by atoms with E-state index in [0.717, 1.165) is 11.8 Å². The van der Waals surface area contributed by atoms with Gasteiger partial charge in [-0.1, -0.05) is 17.8 Å². The number of carbonyl (C=O) groups excluding carboxylic acids is 1. The van der Waals surface area contributed by atoms with E-state index in [1.165, 1.54) is 20.3 Å². The van der Waals surface area contributed by atoms with E-state index in [0.29, 0.717) is 27.9 Å². The molecule has 0 bridgehead atoms. The summed E-state index contributed by atoms with van der Waals surface area (Å²) in [5.74, 6) is -0.435. The van der Waals surface area contributed by atoms with Crippen molar-refractivity contribution in [3.63, 3.8) is 0 Å². The van der Waals surface area contributed by atoms with E-state index < -0.39 is 11.9 Å². The number of nitrogens with zero attached hydrogens (tertiary/aromatic N) is 2. The van der Waals surface area contributed by atoms with Gasteiger partial charge in [-0.05, 0) is 31.5 Å². The summed E-state index contributed by atoms with van der Waals surface area (Å²) in [7, 11) is 2.99. The van der Waals surface area contributed by atoms with Crippen LogP contribution in [0.25, 0.3) is 0 Å². The highest BCUT2D eigenvalue weighted by atomic mass is 32.2. The number of nitriles is 1. The van der Waals surface area contributed by atoms with Crippen molar-refractivity contribution < 1.29 is 23.7 Å². The van der Waals surface area contributed by atoms with E-state index in [1.54, 1.807) is 32.0 Å². The fraction of sp³-hybridized carbons (Fsp3) is 0.304. The average Bonchev–Trinajstić information content (AvgIpc) is 2.81. The Kier molecular flexibility index (Phi) is 7.86. The minimum Gasteiger partial charge on any atom is -0.493 e. The van der Waals surface area contributed by atoms with E-state index >= 15 is 0 Å². The quantitative estimate of drug-likeness (QED) is 0.325. The normalized spacial score (nSPS) is 15.4. The Labute approximate surface area is 200 Å². The van der Waals surface area contributed by atoms with Crippen molar-refractivity contribution in [1.29, 1.82) is 5.26 Å². The molecule has 1 aliphatic heterocycles. The van der Waals surface area contributed by atoms with Gasteiger partial charge >= 0.3 is 5.97 Å². The number of aryl methyl sites for hydroxylation is 1. The number of aromatic amines is 1. The summed E-state index contributed by atoms with van der Waals surface area (Å²) >= 11 is 1.15. The summed E-state index contributed by atoms with van der Waals surface area (Å²) < 4.78 is 21.7. The van der Waals surface area contributed by atoms with E-state index in [4.69, 9.17) is 24.7 Å². The molecule has 10 nitrogen and oxygen atoms in total. The van der Waals surface area contributed by atoms with Gasteiger partial charge in [0.25, 0.3) is 5.56 Å². The van der Waals surface area contributed by atoms with Gasteiger partial charge in [0, 0.05) is 11.8 Å². The lowest BCUT2D eigenvalue weighted by molar-refractivity contribution is -0.139. The molecule has 0 radical (unpaired) electrons. The molecule has 0 spiro atoms. The minimum absolute atomic E-state index is 0.0612. The summed E-state index contributed by atoms with van der Waals surface area (Å²) in [4.78, 5) is 31.8. The number of hydrogen-bond donors (Lipinski definition) is 2. The number of H-pyrrole nitrogens is 1. The largest absolute Gasteiger partial charge is 0.493 e. The molecule has 0 amide bonds. The molecule has 1 aromatic heterocycles. The maximum atomic E-state index is 13.1. The SMILES string of the molecule is CCOC(=O)C1=C(CSc2nc(C)cc(=O)[nH]2)OC(N)=C(C#N)C1c1ccc(OC)c(OC)c1. The van der Waals surface area contributed by atoms with Gasteiger partial charge in [-0.25, -0.2) is 9.78 Å². The third-order valence-corrected chi connectivity index (χ3v) is 5.79. The zero-order chi connectivity index (χ0) is 24.8. The number of allylic oxidation sites excluding steroid dienone is 1. The number of thioether (sulfide) groups is 1. The van der Waals surface area contributed by atoms with Gasteiger partial charge in [0.05, 0.1) is 38.1 Å². The lowest BCUT2D eigenvalue weighted by atomic mass is 9.83. The predicted molar refractivity (Wildman–Crippen MR) is 124 cm³/mol. The van der Waals surface area contributed by atoms with Crippen LogP contribution in [0, 0.1) is 18.3 Å².